The highest BCUT2D eigenvalue weighted by atomic mass is 19.2. The maximum absolute atomic E-state index is 13.0. The van der Waals surface area contributed by atoms with Gasteiger partial charge in [-0.15, -0.1) is 0 Å². The molecule has 0 spiro atoms. The molecule has 7 heteroatoms. The number of hydrogen-bond donors (Lipinski definition) is 2. The lowest BCUT2D eigenvalue weighted by molar-refractivity contribution is -0.137. The van der Waals surface area contributed by atoms with Crippen LogP contribution in [0.25, 0.3) is 0 Å². The second-order valence-corrected chi connectivity index (χ2v) is 4.48. The van der Waals surface area contributed by atoms with E-state index in [0.29, 0.717) is 19.4 Å². The van der Waals surface area contributed by atoms with E-state index in [1.54, 1.807) is 0 Å². The molecule has 0 saturated carbocycles. The summed E-state index contributed by atoms with van der Waals surface area (Å²) in [5.74, 6) is -3.26. The summed E-state index contributed by atoms with van der Waals surface area (Å²) in [5, 5.41) is 11.0. The zero-order chi connectivity index (χ0) is 15.8. The lowest BCUT2D eigenvalue weighted by Crippen LogP contribution is -2.36. The fraction of sp³-hybridized carbons (Fsp3) is 0.429. The van der Waals surface area contributed by atoms with Gasteiger partial charge in [0.1, 0.15) is 5.75 Å². The minimum Gasteiger partial charge on any atom is -0.481 e. The summed E-state index contributed by atoms with van der Waals surface area (Å²) in [4.78, 5) is 22.0. The monoisotopic (exact) mass is 301 g/mol. The van der Waals surface area contributed by atoms with Crippen LogP contribution in [0.4, 0.5) is 8.78 Å². The molecule has 0 aliphatic heterocycles. The molecule has 1 aromatic carbocycles. The standard InChI is InChI=1S/C14H17F2NO4/c1-9(14(20)17-7-3-2-4-13(18)19)21-10-5-6-11(15)12(16)8-10/h5-6,8-9H,2-4,7H2,1H3,(H,17,20)(H,18,19). The number of ether oxygens (including phenoxy) is 1. The molecule has 5 nitrogen and oxygen atoms in total. The number of hydrogen-bond acceptors (Lipinski definition) is 3. The molecule has 0 aliphatic rings. The van der Waals surface area contributed by atoms with Crippen molar-refractivity contribution in [1.82, 2.24) is 5.32 Å². The van der Waals surface area contributed by atoms with Gasteiger partial charge in [-0.1, -0.05) is 0 Å². The van der Waals surface area contributed by atoms with E-state index in [0.717, 1.165) is 12.1 Å². The molecule has 0 radical (unpaired) electrons. The van der Waals surface area contributed by atoms with Crippen LogP contribution in [0, 0.1) is 11.6 Å². The van der Waals surface area contributed by atoms with Crippen molar-refractivity contribution < 1.29 is 28.2 Å². The van der Waals surface area contributed by atoms with Gasteiger partial charge in [0.2, 0.25) is 0 Å². The number of carbonyl (C=O) groups is 2. The topological polar surface area (TPSA) is 75.6 Å². The third-order valence-electron chi connectivity index (χ3n) is 2.69. The van der Waals surface area contributed by atoms with E-state index in [4.69, 9.17) is 9.84 Å². The SMILES string of the molecule is CC(Oc1ccc(F)c(F)c1)C(=O)NCCCCC(=O)O. The molecule has 1 rings (SSSR count). The van der Waals surface area contributed by atoms with Crippen LogP contribution < -0.4 is 10.1 Å². The normalized spacial score (nSPS) is 11.8. The number of benzene rings is 1. The number of carboxylic acid groups (broad SMARTS) is 1. The molecule has 1 atom stereocenters. The Hall–Kier alpha value is -2.18. The van der Waals surface area contributed by atoms with Crippen molar-refractivity contribution in [3.05, 3.63) is 29.8 Å². The number of unbranched alkanes of at least 4 members (excludes halogenated alkanes) is 1. The summed E-state index contributed by atoms with van der Waals surface area (Å²) in [5.41, 5.74) is 0. The van der Waals surface area contributed by atoms with Gasteiger partial charge in [0, 0.05) is 19.0 Å². The number of carboxylic acids is 1. The Balaban J connectivity index is 2.33. The average molecular weight is 301 g/mol. The summed E-state index contributed by atoms with van der Waals surface area (Å²) in [7, 11) is 0. The first-order valence-electron chi connectivity index (χ1n) is 6.51. The molecule has 21 heavy (non-hydrogen) atoms. The molecule has 0 saturated heterocycles. The van der Waals surface area contributed by atoms with Crippen molar-refractivity contribution in [1.29, 1.82) is 0 Å². The van der Waals surface area contributed by atoms with Crippen molar-refractivity contribution >= 4 is 11.9 Å². The molecule has 0 aromatic heterocycles. The van der Waals surface area contributed by atoms with Gasteiger partial charge in [0.15, 0.2) is 17.7 Å². The van der Waals surface area contributed by atoms with Gasteiger partial charge < -0.3 is 15.2 Å². The Morgan fingerprint density at radius 2 is 2.00 bits per heavy atom. The number of amides is 1. The van der Waals surface area contributed by atoms with Crippen molar-refractivity contribution in [2.75, 3.05) is 6.54 Å². The second kappa shape index (κ2) is 8.18. The molecule has 1 aromatic rings. The predicted molar refractivity (Wildman–Crippen MR) is 70.9 cm³/mol. The van der Waals surface area contributed by atoms with E-state index in [1.165, 1.54) is 13.0 Å². The Labute approximate surface area is 120 Å². The van der Waals surface area contributed by atoms with Crippen LogP contribution in [0.15, 0.2) is 18.2 Å². The lowest BCUT2D eigenvalue weighted by Gasteiger charge is -2.14. The van der Waals surface area contributed by atoms with Crippen LogP contribution in [0.2, 0.25) is 0 Å². The smallest absolute Gasteiger partial charge is 0.303 e. The Bertz CT molecular complexity index is 508. The first-order valence-corrected chi connectivity index (χ1v) is 6.51. The van der Waals surface area contributed by atoms with Crippen LogP contribution in [0.3, 0.4) is 0 Å². The van der Waals surface area contributed by atoms with Gasteiger partial charge >= 0.3 is 5.97 Å². The van der Waals surface area contributed by atoms with Gasteiger partial charge in [-0.25, -0.2) is 8.78 Å². The van der Waals surface area contributed by atoms with Crippen molar-refractivity contribution in [2.24, 2.45) is 0 Å². The lowest BCUT2D eigenvalue weighted by atomic mass is 10.2. The number of halogens is 2. The first kappa shape index (κ1) is 16.9. The molecule has 1 amide bonds. The van der Waals surface area contributed by atoms with Gasteiger partial charge in [-0.3, -0.25) is 9.59 Å². The minimum atomic E-state index is -1.05. The van der Waals surface area contributed by atoms with E-state index in [-0.39, 0.29) is 12.2 Å². The van der Waals surface area contributed by atoms with Gasteiger partial charge in [-0.2, -0.15) is 0 Å². The van der Waals surface area contributed by atoms with E-state index >= 15 is 0 Å². The first-order chi connectivity index (χ1) is 9.90. The van der Waals surface area contributed by atoms with Crippen LogP contribution in [-0.4, -0.2) is 29.6 Å². The Morgan fingerprint density at radius 3 is 2.62 bits per heavy atom. The molecule has 2 N–H and O–H groups in total. The number of nitrogens with one attached hydrogen (secondary N) is 1. The summed E-state index contributed by atoms with van der Waals surface area (Å²) >= 11 is 0. The van der Waals surface area contributed by atoms with E-state index < -0.39 is 29.6 Å². The van der Waals surface area contributed by atoms with Crippen LogP contribution >= 0.6 is 0 Å². The molecule has 0 heterocycles. The van der Waals surface area contributed by atoms with Crippen LogP contribution in [0.1, 0.15) is 26.2 Å². The van der Waals surface area contributed by atoms with E-state index in [9.17, 15) is 18.4 Å². The van der Waals surface area contributed by atoms with Crippen molar-refractivity contribution in [3.8, 4) is 5.75 Å². The molecule has 0 fully saturated rings. The van der Waals surface area contributed by atoms with Gasteiger partial charge in [-0.05, 0) is 31.9 Å². The third-order valence-corrected chi connectivity index (χ3v) is 2.69. The summed E-state index contributed by atoms with van der Waals surface area (Å²) in [6.07, 6.45) is 0.190. The fourth-order valence-electron chi connectivity index (χ4n) is 1.56. The molecule has 1 unspecified atom stereocenters. The van der Waals surface area contributed by atoms with Gasteiger partial charge in [0.25, 0.3) is 5.91 Å². The van der Waals surface area contributed by atoms with Crippen molar-refractivity contribution in [3.63, 3.8) is 0 Å². The third kappa shape index (κ3) is 6.20. The fourth-order valence-corrected chi connectivity index (χ4v) is 1.56. The molecule has 0 bridgehead atoms. The van der Waals surface area contributed by atoms with Gasteiger partial charge in [0.05, 0.1) is 0 Å². The minimum absolute atomic E-state index is 0.0524. The average Bonchev–Trinajstić information content (AvgIpc) is 2.42. The molecular weight excluding hydrogens is 284 g/mol. The maximum Gasteiger partial charge on any atom is 0.303 e. The number of aliphatic carboxylic acids is 1. The second-order valence-electron chi connectivity index (χ2n) is 4.48. The highest BCUT2D eigenvalue weighted by Crippen LogP contribution is 2.16. The zero-order valence-corrected chi connectivity index (χ0v) is 11.6. The predicted octanol–water partition coefficient (Wildman–Crippen LogP) is 2.10. The molecular formula is C14H17F2NO4. The zero-order valence-electron chi connectivity index (χ0n) is 11.6. The Morgan fingerprint density at radius 1 is 1.29 bits per heavy atom. The Kier molecular flexibility index (Phi) is 6.58. The largest absolute Gasteiger partial charge is 0.481 e. The molecule has 0 aliphatic carbocycles. The summed E-state index contributed by atoms with van der Waals surface area (Å²) < 4.78 is 30.9. The molecule has 116 valence electrons. The quantitative estimate of drug-likeness (QED) is 0.721. The van der Waals surface area contributed by atoms with Crippen LogP contribution in [0.5, 0.6) is 5.75 Å². The highest BCUT2D eigenvalue weighted by molar-refractivity contribution is 5.80. The van der Waals surface area contributed by atoms with Crippen LogP contribution in [-0.2, 0) is 9.59 Å². The number of carbonyl (C=O) groups excluding carboxylic acids is 1. The van der Waals surface area contributed by atoms with E-state index in [1.807, 2.05) is 0 Å². The van der Waals surface area contributed by atoms with E-state index in [2.05, 4.69) is 5.32 Å². The number of rotatable bonds is 8. The summed E-state index contributed by atoms with van der Waals surface area (Å²) in [6, 6.07) is 3.02. The van der Waals surface area contributed by atoms with Crippen molar-refractivity contribution in [2.45, 2.75) is 32.3 Å². The maximum atomic E-state index is 13.0. The summed E-state index contributed by atoms with van der Waals surface area (Å²) in [6.45, 7) is 1.81. The highest BCUT2D eigenvalue weighted by Gasteiger charge is 2.15.